The molecule has 2 nitrogen and oxygen atoms in total. The van der Waals surface area contributed by atoms with E-state index in [1.807, 2.05) is 0 Å². The third kappa shape index (κ3) is 2.35. The highest BCUT2D eigenvalue weighted by atomic mass is 79.9. The van der Waals surface area contributed by atoms with Gasteiger partial charge in [-0.1, -0.05) is 0 Å². The van der Waals surface area contributed by atoms with Gasteiger partial charge < -0.3 is 0 Å². The van der Waals surface area contributed by atoms with E-state index < -0.39 is 17.3 Å². The zero-order valence-electron chi connectivity index (χ0n) is 8.91. The number of aryl methyl sites for hydroxylation is 1. The number of alkyl halides is 3. The van der Waals surface area contributed by atoms with Crippen molar-refractivity contribution in [2.24, 2.45) is 0 Å². The molecule has 0 aliphatic carbocycles. The first-order valence-corrected chi connectivity index (χ1v) is 5.17. The first kappa shape index (κ1) is 12.5. The van der Waals surface area contributed by atoms with E-state index in [1.54, 1.807) is 20.8 Å². The Kier molecular flexibility index (Phi) is 2.93. The average Bonchev–Trinajstić information content (AvgIpc) is 2.22. The van der Waals surface area contributed by atoms with Gasteiger partial charge in [-0.15, -0.1) is 0 Å². The molecule has 1 aromatic heterocycles. The smallest absolute Gasteiger partial charge is 0.252 e. The highest BCUT2D eigenvalue weighted by Crippen LogP contribution is 2.38. The zero-order valence-corrected chi connectivity index (χ0v) is 10.5. The van der Waals surface area contributed by atoms with Crippen LogP contribution in [0.25, 0.3) is 0 Å². The van der Waals surface area contributed by atoms with Crippen LogP contribution in [0.1, 0.15) is 32.0 Å². The quantitative estimate of drug-likeness (QED) is 0.710. The Morgan fingerprint density at radius 1 is 1.20 bits per heavy atom. The highest BCUT2D eigenvalue weighted by molar-refractivity contribution is 9.10. The van der Waals surface area contributed by atoms with Crippen LogP contribution in [0.3, 0.4) is 0 Å². The lowest BCUT2D eigenvalue weighted by molar-refractivity contribution is -0.138. The van der Waals surface area contributed by atoms with Gasteiger partial charge in [0.15, 0.2) is 0 Å². The van der Waals surface area contributed by atoms with Crippen molar-refractivity contribution < 1.29 is 13.2 Å². The summed E-state index contributed by atoms with van der Waals surface area (Å²) in [5, 5.41) is 3.90. The summed E-state index contributed by atoms with van der Waals surface area (Å²) in [5.74, 6) is 0. The standard InChI is InChI=1S/C9H12BrF3N2/c1-5-6(9(11,12)13)7(10)15(14-5)8(2,3)4/h1-4H3. The summed E-state index contributed by atoms with van der Waals surface area (Å²) in [6.07, 6.45) is -4.37. The summed E-state index contributed by atoms with van der Waals surface area (Å²) in [6, 6.07) is 0. The van der Waals surface area contributed by atoms with Crippen LogP contribution >= 0.6 is 15.9 Å². The van der Waals surface area contributed by atoms with E-state index in [4.69, 9.17) is 0 Å². The van der Waals surface area contributed by atoms with Gasteiger partial charge >= 0.3 is 6.18 Å². The Balaban J connectivity index is 3.41. The van der Waals surface area contributed by atoms with E-state index in [0.29, 0.717) is 0 Å². The molecule has 6 heteroatoms. The summed E-state index contributed by atoms with van der Waals surface area (Å²) in [5.41, 5.74) is -1.19. The van der Waals surface area contributed by atoms with Crippen LogP contribution < -0.4 is 0 Å². The fraction of sp³-hybridized carbons (Fsp3) is 0.667. The molecular formula is C9H12BrF3N2. The molecule has 0 unspecified atom stereocenters. The maximum absolute atomic E-state index is 12.6. The Morgan fingerprint density at radius 3 is 1.87 bits per heavy atom. The summed E-state index contributed by atoms with van der Waals surface area (Å²) in [7, 11) is 0. The third-order valence-electron chi connectivity index (χ3n) is 1.92. The molecular weight excluding hydrogens is 273 g/mol. The summed E-state index contributed by atoms with van der Waals surface area (Å²) < 4.78 is 39.2. The van der Waals surface area contributed by atoms with Gasteiger partial charge in [-0.25, -0.2) is 0 Å². The minimum Gasteiger partial charge on any atom is -0.252 e. The van der Waals surface area contributed by atoms with Crippen molar-refractivity contribution in [1.29, 1.82) is 0 Å². The highest BCUT2D eigenvalue weighted by Gasteiger charge is 2.39. The molecule has 1 heterocycles. The van der Waals surface area contributed by atoms with Crippen molar-refractivity contribution in [2.45, 2.75) is 39.4 Å². The van der Waals surface area contributed by atoms with Gasteiger partial charge in [0, 0.05) is 0 Å². The van der Waals surface area contributed by atoms with Gasteiger partial charge in [0.05, 0.1) is 11.2 Å². The van der Waals surface area contributed by atoms with Gasteiger partial charge in [-0.3, -0.25) is 4.68 Å². The average molecular weight is 285 g/mol. The second-order valence-corrected chi connectivity index (χ2v) is 5.08. The number of nitrogens with zero attached hydrogens (tertiary/aromatic N) is 2. The molecule has 1 aromatic rings. The van der Waals surface area contributed by atoms with E-state index in [0.717, 1.165) is 0 Å². The summed E-state index contributed by atoms with van der Waals surface area (Å²) in [4.78, 5) is 0. The van der Waals surface area contributed by atoms with Crippen LogP contribution in [0.4, 0.5) is 13.2 Å². The monoisotopic (exact) mass is 284 g/mol. The Morgan fingerprint density at radius 2 is 1.67 bits per heavy atom. The minimum absolute atomic E-state index is 0.00991. The molecule has 86 valence electrons. The maximum atomic E-state index is 12.6. The van der Waals surface area contributed by atoms with Gasteiger partial charge in [-0.2, -0.15) is 18.3 Å². The topological polar surface area (TPSA) is 17.8 Å². The predicted molar refractivity (Wildman–Crippen MR) is 54.7 cm³/mol. The van der Waals surface area contributed by atoms with Crippen LogP contribution in [0, 0.1) is 6.92 Å². The fourth-order valence-corrected chi connectivity index (χ4v) is 2.39. The largest absolute Gasteiger partial charge is 0.420 e. The SMILES string of the molecule is Cc1nn(C(C)(C)C)c(Br)c1C(F)(F)F. The molecule has 0 aliphatic rings. The van der Waals surface area contributed by atoms with Gasteiger partial charge in [-0.05, 0) is 43.6 Å². The number of halogens is 4. The van der Waals surface area contributed by atoms with Crippen molar-refractivity contribution in [2.75, 3.05) is 0 Å². The van der Waals surface area contributed by atoms with Crippen LogP contribution in [0.2, 0.25) is 0 Å². The Labute approximate surface area is 94.6 Å². The summed E-state index contributed by atoms with van der Waals surface area (Å²) in [6.45, 7) is 6.74. The lowest BCUT2D eigenvalue weighted by Crippen LogP contribution is -2.23. The van der Waals surface area contributed by atoms with Crippen molar-refractivity contribution in [3.63, 3.8) is 0 Å². The minimum atomic E-state index is -4.37. The number of hydrogen-bond acceptors (Lipinski definition) is 1. The van der Waals surface area contributed by atoms with Gasteiger partial charge in [0.2, 0.25) is 0 Å². The predicted octanol–water partition coefficient (Wildman–Crippen LogP) is 3.73. The molecule has 1 rings (SSSR count). The van der Waals surface area contributed by atoms with Crippen LogP contribution in [0.15, 0.2) is 4.60 Å². The van der Waals surface area contributed by atoms with Gasteiger partial charge in [0.1, 0.15) is 10.2 Å². The molecule has 0 atom stereocenters. The van der Waals surface area contributed by atoms with E-state index in [2.05, 4.69) is 21.0 Å². The lowest BCUT2D eigenvalue weighted by Gasteiger charge is -2.20. The molecule has 0 saturated carbocycles. The Hall–Kier alpha value is -0.520. The molecule has 0 saturated heterocycles. The van der Waals surface area contributed by atoms with Crippen LogP contribution in [0.5, 0.6) is 0 Å². The molecule has 0 spiro atoms. The fourth-order valence-electron chi connectivity index (χ4n) is 1.27. The first-order valence-electron chi connectivity index (χ1n) is 4.38. The van der Waals surface area contributed by atoms with E-state index in [9.17, 15) is 13.2 Å². The second-order valence-electron chi connectivity index (χ2n) is 4.33. The van der Waals surface area contributed by atoms with Crippen molar-refractivity contribution >= 4 is 15.9 Å². The zero-order chi connectivity index (χ0) is 12.0. The normalized spacial score (nSPS) is 13.3. The molecule has 0 aliphatic heterocycles. The Bertz CT molecular complexity index is 374. The lowest BCUT2D eigenvalue weighted by atomic mass is 10.1. The number of hydrogen-bond donors (Lipinski definition) is 0. The summed E-state index contributed by atoms with van der Waals surface area (Å²) >= 11 is 2.95. The second kappa shape index (κ2) is 3.50. The maximum Gasteiger partial charge on any atom is 0.420 e. The number of aromatic nitrogens is 2. The third-order valence-corrected chi connectivity index (χ3v) is 2.66. The molecule has 0 fully saturated rings. The van der Waals surface area contributed by atoms with Crippen LogP contribution in [-0.4, -0.2) is 9.78 Å². The van der Waals surface area contributed by atoms with Gasteiger partial charge in [0.25, 0.3) is 0 Å². The molecule has 0 N–H and O–H groups in total. The van der Waals surface area contributed by atoms with Crippen molar-refractivity contribution in [3.05, 3.63) is 15.9 Å². The molecule has 0 radical (unpaired) electrons. The van der Waals surface area contributed by atoms with Crippen molar-refractivity contribution in [1.82, 2.24) is 9.78 Å². The molecule has 0 amide bonds. The molecule has 15 heavy (non-hydrogen) atoms. The van der Waals surface area contributed by atoms with E-state index >= 15 is 0 Å². The molecule has 0 bridgehead atoms. The van der Waals surface area contributed by atoms with E-state index in [1.165, 1.54) is 11.6 Å². The van der Waals surface area contributed by atoms with E-state index in [-0.39, 0.29) is 10.3 Å². The first-order chi connectivity index (χ1) is 6.55. The number of rotatable bonds is 0. The van der Waals surface area contributed by atoms with Crippen LogP contribution in [-0.2, 0) is 11.7 Å². The van der Waals surface area contributed by atoms with Crippen molar-refractivity contribution in [3.8, 4) is 0 Å². The molecule has 0 aromatic carbocycles.